The second kappa shape index (κ2) is 4.76. The molecule has 1 aliphatic heterocycles. The van der Waals surface area contributed by atoms with Crippen molar-refractivity contribution in [3.8, 4) is 0 Å². The molecule has 0 fully saturated rings. The molecule has 0 bridgehead atoms. The van der Waals surface area contributed by atoms with Gasteiger partial charge in [-0.15, -0.1) is 11.8 Å². The zero-order valence-corrected chi connectivity index (χ0v) is 11.7. The molecule has 0 unspecified atom stereocenters. The Morgan fingerprint density at radius 3 is 2.56 bits per heavy atom. The number of imide groups is 1. The van der Waals surface area contributed by atoms with Gasteiger partial charge in [0.1, 0.15) is 0 Å². The molecule has 1 aromatic carbocycles. The average molecular weight is 263 g/mol. The molecule has 0 N–H and O–H groups in total. The van der Waals surface area contributed by atoms with Crippen molar-refractivity contribution in [3.05, 3.63) is 35.4 Å². The number of carbonyl (C=O) groups excluding carboxylic acids is 2. The van der Waals surface area contributed by atoms with Crippen molar-refractivity contribution >= 4 is 23.6 Å². The SMILES string of the molecule is CCSCN1C(=O)c2ccccc2C(C)(C)C1=O. The van der Waals surface area contributed by atoms with E-state index >= 15 is 0 Å². The van der Waals surface area contributed by atoms with Gasteiger partial charge in [-0.1, -0.05) is 25.1 Å². The number of hydrogen-bond donors (Lipinski definition) is 0. The Morgan fingerprint density at radius 2 is 1.89 bits per heavy atom. The van der Waals surface area contributed by atoms with Crippen LogP contribution in [0.4, 0.5) is 0 Å². The first-order valence-electron chi connectivity index (χ1n) is 6.03. The number of thioether (sulfide) groups is 1. The number of rotatable bonds is 3. The first-order valence-corrected chi connectivity index (χ1v) is 7.19. The maximum Gasteiger partial charge on any atom is 0.261 e. The second-order valence-corrected chi connectivity index (χ2v) is 6.07. The lowest BCUT2D eigenvalue weighted by Gasteiger charge is -2.37. The standard InChI is InChI=1S/C14H17NO2S/c1-4-18-9-15-12(16)10-7-5-6-8-11(10)14(2,3)13(15)17/h5-8H,4,9H2,1-3H3. The molecule has 0 saturated carbocycles. The summed E-state index contributed by atoms with van der Waals surface area (Å²) in [7, 11) is 0. The van der Waals surface area contributed by atoms with Crippen molar-refractivity contribution in [2.75, 3.05) is 11.6 Å². The molecule has 0 aliphatic carbocycles. The first-order chi connectivity index (χ1) is 8.50. The van der Waals surface area contributed by atoms with Crippen molar-refractivity contribution in [2.24, 2.45) is 0 Å². The number of amides is 2. The van der Waals surface area contributed by atoms with Gasteiger partial charge in [-0.2, -0.15) is 0 Å². The third-order valence-electron chi connectivity index (χ3n) is 3.28. The normalized spacial score (nSPS) is 17.8. The minimum atomic E-state index is -0.626. The van der Waals surface area contributed by atoms with Gasteiger partial charge >= 0.3 is 0 Å². The highest BCUT2D eigenvalue weighted by molar-refractivity contribution is 7.99. The molecule has 0 radical (unpaired) electrons. The van der Waals surface area contributed by atoms with Crippen LogP contribution in [0.15, 0.2) is 24.3 Å². The van der Waals surface area contributed by atoms with Crippen molar-refractivity contribution in [1.82, 2.24) is 4.90 Å². The van der Waals surface area contributed by atoms with Crippen LogP contribution in [0.25, 0.3) is 0 Å². The lowest BCUT2D eigenvalue weighted by atomic mass is 9.77. The molecule has 4 heteroatoms. The summed E-state index contributed by atoms with van der Waals surface area (Å²) in [5.74, 6) is 1.05. The van der Waals surface area contributed by atoms with Gasteiger partial charge in [-0.3, -0.25) is 14.5 Å². The Hall–Kier alpha value is -1.29. The third kappa shape index (κ3) is 1.94. The summed E-state index contributed by atoms with van der Waals surface area (Å²) in [6, 6.07) is 7.39. The molecule has 18 heavy (non-hydrogen) atoms. The molecule has 0 spiro atoms. The maximum absolute atomic E-state index is 12.4. The molecule has 1 aromatic rings. The fourth-order valence-electron chi connectivity index (χ4n) is 2.20. The van der Waals surface area contributed by atoms with E-state index < -0.39 is 5.41 Å². The van der Waals surface area contributed by atoms with E-state index in [2.05, 4.69) is 0 Å². The highest BCUT2D eigenvalue weighted by atomic mass is 32.2. The molecule has 0 atom stereocenters. The van der Waals surface area contributed by atoms with E-state index in [9.17, 15) is 9.59 Å². The lowest BCUT2D eigenvalue weighted by Crippen LogP contribution is -2.51. The van der Waals surface area contributed by atoms with Gasteiger partial charge in [0.2, 0.25) is 5.91 Å². The summed E-state index contributed by atoms with van der Waals surface area (Å²) in [6.07, 6.45) is 0. The smallest absolute Gasteiger partial charge is 0.261 e. The van der Waals surface area contributed by atoms with Gasteiger partial charge in [-0.05, 0) is 31.2 Å². The minimum absolute atomic E-state index is 0.104. The van der Waals surface area contributed by atoms with E-state index in [0.29, 0.717) is 11.4 Å². The quantitative estimate of drug-likeness (QED) is 0.787. The Morgan fingerprint density at radius 1 is 1.22 bits per heavy atom. The van der Waals surface area contributed by atoms with Crippen molar-refractivity contribution in [2.45, 2.75) is 26.2 Å². The molecule has 96 valence electrons. The molecule has 1 aliphatic rings. The van der Waals surface area contributed by atoms with E-state index in [4.69, 9.17) is 0 Å². The van der Waals surface area contributed by atoms with Crippen LogP contribution in [0, 0.1) is 0 Å². The molecule has 2 rings (SSSR count). The van der Waals surface area contributed by atoms with Gasteiger partial charge in [0.25, 0.3) is 5.91 Å². The van der Waals surface area contributed by atoms with Crippen LogP contribution < -0.4 is 0 Å². The van der Waals surface area contributed by atoms with E-state index in [-0.39, 0.29) is 11.8 Å². The summed E-state index contributed by atoms with van der Waals surface area (Å²) < 4.78 is 0. The Bertz CT molecular complexity index is 496. The Kier molecular flexibility index (Phi) is 3.48. The molecule has 2 amide bonds. The Labute approximate surface area is 112 Å². The molecule has 0 aromatic heterocycles. The summed E-state index contributed by atoms with van der Waals surface area (Å²) in [6.45, 7) is 5.77. The largest absolute Gasteiger partial charge is 0.273 e. The van der Waals surface area contributed by atoms with Crippen LogP contribution >= 0.6 is 11.8 Å². The fraction of sp³-hybridized carbons (Fsp3) is 0.429. The number of carbonyl (C=O) groups is 2. The Balaban J connectivity index is 2.47. The number of fused-ring (bicyclic) bond motifs is 1. The molecular formula is C14H17NO2S. The molecular weight excluding hydrogens is 246 g/mol. The lowest BCUT2D eigenvalue weighted by molar-refractivity contribution is -0.133. The number of benzene rings is 1. The molecule has 1 heterocycles. The van der Waals surface area contributed by atoms with Crippen LogP contribution in [0.5, 0.6) is 0 Å². The maximum atomic E-state index is 12.4. The predicted molar refractivity (Wildman–Crippen MR) is 73.6 cm³/mol. The van der Waals surface area contributed by atoms with E-state index in [1.165, 1.54) is 4.90 Å². The van der Waals surface area contributed by atoms with Crippen molar-refractivity contribution in [3.63, 3.8) is 0 Å². The average Bonchev–Trinajstić information content (AvgIpc) is 2.37. The van der Waals surface area contributed by atoms with E-state index in [0.717, 1.165) is 11.3 Å². The first kappa shape index (κ1) is 13.1. The van der Waals surface area contributed by atoms with Crippen LogP contribution in [0.3, 0.4) is 0 Å². The summed E-state index contributed by atoms with van der Waals surface area (Å²) in [5.41, 5.74) is 0.857. The van der Waals surface area contributed by atoms with Crippen LogP contribution in [0.2, 0.25) is 0 Å². The second-order valence-electron chi connectivity index (χ2n) is 4.83. The zero-order chi connectivity index (χ0) is 13.3. The van der Waals surface area contributed by atoms with Gasteiger partial charge in [0.05, 0.1) is 11.3 Å². The van der Waals surface area contributed by atoms with Crippen molar-refractivity contribution in [1.29, 1.82) is 0 Å². The van der Waals surface area contributed by atoms with Crippen LogP contribution in [0.1, 0.15) is 36.7 Å². The highest BCUT2D eigenvalue weighted by Crippen LogP contribution is 2.34. The summed E-state index contributed by atoms with van der Waals surface area (Å²) in [5, 5.41) is 0. The minimum Gasteiger partial charge on any atom is -0.273 e. The van der Waals surface area contributed by atoms with Gasteiger partial charge in [0.15, 0.2) is 0 Å². The molecule has 3 nitrogen and oxygen atoms in total. The van der Waals surface area contributed by atoms with Gasteiger partial charge in [0, 0.05) is 5.56 Å². The number of nitrogens with zero attached hydrogens (tertiary/aromatic N) is 1. The van der Waals surface area contributed by atoms with Gasteiger partial charge in [-0.25, -0.2) is 0 Å². The predicted octanol–water partition coefficient (Wildman–Crippen LogP) is 2.66. The summed E-state index contributed by atoms with van der Waals surface area (Å²) in [4.78, 5) is 26.1. The number of hydrogen-bond acceptors (Lipinski definition) is 3. The highest BCUT2D eigenvalue weighted by Gasteiger charge is 2.43. The van der Waals surface area contributed by atoms with E-state index in [1.807, 2.05) is 39.0 Å². The van der Waals surface area contributed by atoms with Gasteiger partial charge < -0.3 is 0 Å². The van der Waals surface area contributed by atoms with E-state index in [1.54, 1.807) is 17.8 Å². The topological polar surface area (TPSA) is 37.4 Å². The fourth-order valence-corrected chi connectivity index (χ4v) is 2.80. The van der Waals surface area contributed by atoms with Crippen LogP contribution in [-0.2, 0) is 10.2 Å². The third-order valence-corrected chi connectivity index (χ3v) is 4.13. The summed E-state index contributed by atoms with van der Waals surface area (Å²) >= 11 is 1.58. The molecule has 0 saturated heterocycles. The monoisotopic (exact) mass is 263 g/mol. The zero-order valence-electron chi connectivity index (χ0n) is 10.9. The van der Waals surface area contributed by atoms with Crippen LogP contribution in [-0.4, -0.2) is 28.3 Å². The van der Waals surface area contributed by atoms with Crippen molar-refractivity contribution < 1.29 is 9.59 Å².